The van der Waals surface area contributed by atoms with Crippen molar-refractivity contribution in [2.45, 2.75) is 44.9 Å². The molecule has 1 saturated heterocycles. The number of aliphatic hydroxyl groups is 1. The van der Waals surface area contributed by atoms with Crippen LogP contribution in [-0.4, -0.2) is 46.9 Å². The molecule has 1 fully saturated rings. The van der Waals surface area contributed by atoms with Crippen LogP contribution in [0.15, 0.2) is 0 Å². The van der Waals surface area contributed by atoms with Gasteiger partial charge in [0.05, 0.1) is 12.6 Å². The first-order chi connectivity index (χ1) is 7.95. The van der Waals surface area contributed by atoms with Gasteiger partial charge >= 0.3 is 5.97 Å². The number of aliphatic carboxylic acids is 1. The Morgan fingerprint density at radius 1 is 1.35 bits per heavy atom. The first-order valence-electron chi connectivity index (χ1n) is 5.75. The van der Waals surface area contributed by atoms with Crippen molar-refractivity contribution in [3.63, 3.8) is 0 Å². The second-order valence-electron chi connectivity index (χ2n) is 4.57. The highest BCUT2D eigenvalue weighted by Crippen LogP contribution is 2.20. The largest absolute Gasteiger partial charge is 0.479 e. The summed E-state index contributed by atoms with van der Waals surface area (Å²) in [6, 6.07) is -0.324. The highest BCUT2D eigenvalue weighted by molar-refractivity contribution is 5.82. The van der Waals surface area contributed by atoms with Gasteiger partial charge in [-0.1, -0.05) is 13.8 Å². The van der Waals surface area contributed by atoms with E-state index in [9.17, 15) is 9.59 Å². The maximum atomic E-state index is 11.7. The van der Waals surface area contributed by atoms with Gasteiger partial charge in [0, 0.05) is 0 Å². The van der Waals surface area contributed by atoms with E-state index >= 15 is 0 Å². The second kappa shape index (κ2) is 5.97. The third-order valence-corrected chi connectivity index (χ3v) is 2.92. The number of nitrogens with one attached hydrogen (secondary N) is 1. The van der Waals surface area contributed by atoms with Crippen LogP contribution >= 0.6 is 0 Å². The summed E-state index contributed by atoms with van der Waals surface area (Å²) in [6.45, 7) is 3.63. The van der Waals surface area contributed by atoms with Crippen LogP contribution in [0.4, 0.5) is 0 Å². The highest BCUT2D eigenvalue weighted by atomic mass is 16.5. The number of carbonyl (C=O) groups is 2. The van der Waals surface area contributed by atoms with Crippen LogP contribution in [0, 0.1) is 5.92 Å². The van der Waals surface area contributed by atoms with Gasteiger partial charge in [-0.25, -0.2) is 4.79 Å². The van der Waals surface area contributed by atoms with Crippen LogP contribution in [0.1, 0.15) is 26.7 Å². The Hall–Kier alpha value is -1.14. The lowest BCUT2D eigenvalue weighted by Gasteiger charge is -2.21. The van der Waals surface area contributed by atoms with Gasteiger partial charge in [0.1, 0.15) is 6.10 Å². The zero-order chi connectivity index (χ0) is 13.0. The van der Waals surface area contributed by atoms with Gasteiger partial charge in [-0.15, -0.1) is 0 Å². The Morgan fingerprint density at radius 2 is 1.94 bits per heavy atom. The lowest BCUT2D eigenvalue weighted by atomic mass is 10.0. The number of carboxylic acids is 1. The Kier molecular flexibility index (Phi) is 4.89. The zero-order valence-electron chi connectivity index (χ0n) is 10.0. The minimum atomic E-state index is -1.04. The fourth-order valence-electron chi connectivity index (χ4n) is 1.71. The van der Waals surface area contributed by atoms with Gasteiger partial charge in [-0.3, -0.25) is 4.79 Å². The van der Waals surface area contributed by atoms with E-state index in [-0.39, 0.29) is 24.5 Å². The van der Waals surface area contributed by atoms with Crippen LogP contribution in [0.3, 0.4) is 0 Å². The standard InChI is InChI=1S/C11H19NO5/c1-6(2)7(5-13)12-10(14)8-3-4-9(17-8)11(15)16/h6-9,13H,3-5H2,1-2H3,(H,12,14)(H,15,16)/t7?,8-,9+/m0/s1. The van der Waals surface area contributed by atoms with Crippen molar-refractivity contribution in [3.05, 3.63) is 0 Å². The molecular weight excluding hydrogens is 226 g/mol. The van der Waals surface area contributed by atoms with Gasteiger partial charge in [-0.2, -0.15) is 0 Å². The van der Waals surface area contributed by atoms with Gasteiger partial charge in [0.15, 0.2) is 6.10 Å². The van der Waals surface area contributed by atoms with Crippen LogP contribution in [0.5, 0.6) is 0 Å². The van der Waals surface area contributed by atoms with Crippen molar-refractivity contribution in [2.75, 3.05) is 6.61 Å². The van der Waals surface area contributed by atoms with Crippen LogP contribution < -0.4 is 5.32 Å². The van der Waals surface area contributed by atoms with E-state index in [1.807, 2.05) is 13.8 Å². The van der Waals surface area contributed by atoms with Crippen molar-refractivity contribution in [3.8, 4) is 0 Å². The molecule has 0 bridgehead atoms. The van der Waals surface area contributed by atoms with Crippen molar-refractivity contribution >= 4 is 11.9 Å². The first kappa shape index (κ1) is 13.9. The average Bonchev–Trinajstić information content (AvgIpc) is 2.74. The number of ether oxygens (including phenoxy) is 1. The van der Waals surface area contributed by atoms with E-state index in [0.29, 0.717) is 12.8 Å². The smallest absolute Gasteiger partial charge is 0.332 e. The number of amides is 1. The monoisotopic (exact) mass is 245 g/mol. The molecule has 0 aliphatic carbocycles. The van der Waals surface area contributed by atoms with Crippen molar-refractivity contribution in [1.82, 2.24) is 5.32 Å². The molecule has 1 aliphatic rings. The molecule has 0 aromatic carbocycles. The van der Waals surface area contributed by atoms with Crippen molar-refractivity contribution in [2.24, 2.45) is 5.92 Å². The summed E-state index contributed by atoms with van der Waals surface area (Å²) in [5.74, 6) is -1.27. The molecule has 3 N–H and O–H groups in total. The Morgan fingerprint density at radius 3 is 2.35 bits per heavy atom. The summed E-state index contributed by atoms with van der Waals surface area (Å²) >= 11 is 0. The summed E-state index contributed by atoms with van der Waals surface area (Å²) < 4.78 is 5.12. The number of carboxylic acid groups (broad SMARTS) is 1. The van der Waals surface area contributed by atoms with E-state index in [4.69, 9.17) is 14.9 Å². The summed E-state index contributed by atoms with van der Waals surface area (Å²) in [6.07, 6.45) is -0.862. The molecule has 0 aromatic rings. The minimum Gasteiger partial charge on any atom is -0.479 e. The summed E-state index contributed by atoms with van der Waals surface area (Å²) in [5.41, 5.74) is 0. The van der Waals surface area contributed by atoms with Crippen LogP contribution in [-0.2, 0) is 14.3 Å². The maximum Gasteiger partial charge on any atom is 0.332 e. The number of carbonyl (C=O) groups excluding carboxylic acids is 1. The number of rotatable bonds is 5. The maximum absolute atomic E-state index is 11.7. The topological polar surface area (TPSA) is 95.9 Å². The Balaban J connectivity index is 2.46. The molecule has 0 radical (unpaired) electrons. The molecule has 17 heavy (non-hydrogen) atoms. The number of hydrogen-bond donors (Lipinski definition) is 3. The van der Waals surface area contributed by atoms with Gasteiger partial charge in [0.25, 0.3) is 0 Å². The molecular formula is C11H19NO5. The zero-order valence-corrected chi connectivity index (χ0v) is 10.0. The summed E-state index contributed by atoms with van der Waals surface area (Å²) in [7, 11) is 0. The molecule has 0 spiro atoms. The summed E-state index contributed by atoms with van der Waals surface area (Å²) in [4.78, 5) is 22.4. The molecule has 6 heteroatoms. The molecule has 1 unspecified atom stereocenters. The quantitative estimate of drug-likeness (QED) is 0.621. The van der Waals surface area contributed by atoms with Gasteiger partial charge in [0.2, 0.25) is 5.91 Å². The van der Waals surface area contributed by atoms with E-state index in [0.717, 1.165) is 0 Å². The predicted octanol–water partition coefficient (Wildman–Crippen LogP) is -0.248. The highest BCUT2D eigenvalue weighted by Gasteiger charge is 2.35. The average molecular weight is 245 g/mol. The van der Waals surface area contributed by atoms with Crippen LogP contribution in [0.25, 0.3) is 0 Å². The molecule has 0 saturated carbocycles. The third-order valence-electron chi connectivity index (χ3n) is 2.92. The Labute approximate surface area is 100.0 Å². The fourth-order valence-corrected chi connectivity index (χ4v) is 1.71. The normalized spacial score (nSPS) is 25.9. The van der Waals surface area contributed by atoms with Gasteiger partial charge < -0.3 is 20.3 Å². The molecule has 1 aliphatic heterocycles. The van der Waals surface area contributed by atoms with E-state index in [1.54, 1.807) is 0 Å². The SMILES string of the molecule is CC(C)C(CO)NC(=O)[C@@H]1CC[C@H](C(=O)O)O1. The third kappa shape index (κ3) is 3.67. The number of hydrogen-bond acceptors (Lipinski definition) is 4. The Bertz CT molecular complexity index is 292. The first-order valence-corrected chi connectivity index (χ1v) is 5.75. The van der Waals surface area contributed by atoms with Gasteiger partial charge in [-0.05, 0) is 18.8 Å². The minimum absolute atomic E-state index is 0.112. The molecule has 3 atom stereocenters. The van der Waals surface area contributed by atoms with Crippen molar-refractivity contribution in [1.29, 1.82) is 0 Å². The predicted molar refractivity (Wildman–Crippen MR) is 59.4 cm³/mol. The molecule has 1 amide bonds. The summed E-state index contributed by atoms with van der Waals surface area (Å²) in [5, 5.41) is 20.5. The molecule has 1 rings (SSSR count). The second-order valence-corrected chi connectivity index (χ2v) is 4.57. The molecule has 1 heterocycles. The molecule has 0 aromatic heterocycles. The fraction of sp³-hybridized carbons (Fsp3) is 0.818. The molecule has 98 valence electrons. The van der Waals surface area contributed by atoms with Crippen molar-refractivity contribution < 1.29 is 24.5 Å². The lowest BCUT2D eigenvalue weighted by Crippen LogP contribution is -2.46. The van der Waals surface area contributed by atoms with Crippen LogP contribution in [0.2, 0.25) is 0 Å². The molecule has 6 nitrogen and oxygen atoms in total. The number of aliphatic hydroxyl groups excluding tert-OH is 1. The van der Waals surface area contributed by atoms with E-state index in [1.165, 1.54) is 0 Å². The van der Waals surface area contributed by atoms with E-state index < -0.39 is 18.2 Å². The lowest BCUT2D eigenvalue weighted by molar-refractivity contribution is -0.152. The van der Waals surface area contributed by atoms with E-state index in [2.05, 4.69) is 5.32 Å².